The Morgan fingerprint density at radius 3 is 2.76 bits per heavy atom. The molecule has 2 N–H and O–H groups in total. The first-order valence-electron chi connectivity index (χ1n) is 8.55. The molecular formula is C19H28N4S2. The summed E-state index contributed by atoms with van der Waals surface area (Å²) in [5.41, 5.74) is 3.74. The lowest BCUT2D eigenvalue weighted by atomic mass is 10.1. The molecule has 1 aromatic heterocycles. The normalized spacial score (nSPS) is 11.8. The average molecular weight is 377 g/mol. The zero-order valence-corrected chi connectivity index (χ0v) is 17.4. The molecule has 0 unspecified atom stereocenters. The van der Waals surface area contributed by atoms with Crippen LogP contribution < -0.4 is 10.6 Å². The van der Waals surface area contributed by atoms with Crippen molar-refractivity contribution in [2.75, 3.05) is 19.8 Å². The lowest BCUT2D eigenvalue weighted by Crippen LogP contribution is -2.38. The fourth-order valence-corrected chi connectivity index (χ4v) is 3.98. The standard InChI is InChI=1S/C19H28N4S2/c1-13(2)18-23-16(12-25-18)8-9-21-19(20-4)22-11-15-7-6-14(3)10-17(15)24-5/h6-7,10,12-13H,8-9,11H2,1-5H3,(H2,20,21,22). The van der Waals surface area contributed by atoms with Gasteiger partial charge >= 0.3 is 0 Å². The van der Waals surface area contributed by atoms with Gasteiger partial charge in [-0.3, -0.25) is 4.99 Å². The zero-order valence-electron chi connectivity index (χ0n) is 15.7. The van der Waals surface area contributed by atoms with Crippen LogP contribution in [0.2, 0.25) is 0 Å². The number of hydrogen-bond donors (Lipinski definition) is 2. The minimum atomic E-state index is 0.501. The SMILES string of the molecule is CN=C(NCCc1csc(C(C)C)n1)NCc1ccc(C)cc1SC. The fraction of sp³-hybridized carbons (Fsp3) is 0.474. The van der Waals surface area contributed by atoms with Crippen molar-refractivity contribution in [1.82, 2.24) is 15.6 Å². The maximum Gasteiger partial charge on any atom is 0.191 e. The summed E-state index contributed by atoms with van der Waals surface area (Å²) in [5.74, 6) is 1.33. The van der Waals surface area contributed by atoms with Gasteiger partial charge in [0.1, 0.15) is 0 Å². The highest BCUT2D eigenvalue weighted by Gasteiger charge is 2.07. The molecule has 0 saturated carbocycles. The number of aryl methyl sites for hydroxylation is 1. The summed E-state index contributed by atoms with van der Waals surface area (Å²) in [4.78, 5) is 10.3. The van der Waals surface area contributed by atoms with E-state index < -0.39 is 0 Å². The minimum Gasteiger partial charge on any atom is -0.356 e. The zero-order chi connectivity index (χ0) is 18.2. The summed E-state index contributed by atoms with van der Waals surface area (Å²) in [6.07, 6.45) is 3.02. The second kappa shape index (κ2) is 9.82. The second-order valence-electron chi connectivity index (χ2n) is 6.25. The number of nitrogens with zero attached hydrogens (tertiary/aromatic N) is 2. The lowest BCUT2D eigenvalue weighted by molar-refractivity contribution is 0.773. The monoisotopic (exact) mass is 376 g/mol. The molecule has 1 heterocycles. The smallest absolute Gasteiger partial charge is 0.191 e. The van der Waals surface area contributed by atoms with E-state index in [-0.39, 0.29) is 0 Å². The van der Waals surface area contributed by atoms with Crippen LogP contribution in [0.5, 0.6) is 0 Å². The van der Waals surface area contributed by atoms with Crippen molar-refractivity contribution in [2.45, 2.75) is 44.6 Å². The largest absolute Gasteiger partial charge is 0.356 e. The molecule has 0 amide bonds. The first-order valence-corrected chi connectivity index (χ1v) is 10.7. The topological polar surface area (TPSA) is 49.3 Å². The predicted octanol–water partition coefficient (Wildman–Crippen LogP) is 4.20. The Morgan fingerprint density at radius 1 is 1.32 bits per heavy atom. The molecule has 0 atom stereocenters. The quantitative estimate of drug-likeness (QED) is 0.432. The van der Waals surface area contributed by atoms with Crippen molar-refractivity contribution in [1.29, 1.82) is 0 Å². The van der Waals surface area contributed by atoms with E-state index in [0.29, 0.717) is 5.92 Å². The molecule has 2 aromatic rings. The number of hydrogen-bond acceptors (Lipinski definition) is 4. The maximum absolute atomic E-state index is 4.67. The number of thioether (sulfide) groups is 1. The Bertz CT molecular complexity index is 707. The second-order valence-corrected chi connectivity index (χ2v) is 7.99. The Morgan fingerprint density at radius 2 is 2.12 bits per heavy atom. The van der Waals surface area contributed by atoms with Crippen LogP contribution >= 0.6 is 23.1 Å². The molecule has 4 nitrogen and oxygen atoms in total. The number of thiazole rings is 1. The van der Waals surface area contributed by atoms with E-state index in [9.17, 15) is 0 Å². The summed E-state index contributed by atoms with van der Waals surface area (Å²) in [5, 5.41) is 10.1. The Labute approximate surface area is 159 Å². The minimum absolute atomic E-state index is 0.501. The molecule has 0 aliphatic rings. The van der Waals surface area contributed by atoms with Gasteiger partial charge in [-0.2, -0.15) is 0 Å². The van der Waals surface area contributed by atoms with E-state index in [4.69, 9.17) is 0 Å². The third kappa shape index (κ3) is 6.04. The third-order valence-electron chi connectivity index (χ3n) is 3.85. The van der Waals surface area contributed by atoms with Crippen LogP contribution in [0, 0.1) is 6.92 Å². The molecule has 2 rings (SSSR count). The first kappa shape index (κ1) is 19.8. The molecule has 0 spiro atoms. The molecule has 0 aliphatic carbocycles. The fourth-order valence-electron chi connectivity index (χ4n) is 2.41. The molecule has 25 heavy (non-hydrogen) atoms. The van der Waals surface area contributed by atoms with E-state index >= 15 is 0 Å². The van der Waals surface area contributed by atoms with Crippen LogP contribution in [-0.4, -0.2) is 30.8 Å². The summed E-state index contributed by atoms with van der Waals surface area (Å²) in [7, 11) is 1.81. The summed E-state index contributed by atoms with van der Waals surface area (Å²) < 4.78 is 0. The highest BCUT2D eigenvalue weighted by Crippen LogP contribution is 2.21. The molecule has 0 radical (unpaired) electrons. The Kier molecular flexibility index (Phi) is 7.78. The van der Waals surface area contributed by atoms with E-state index in [1.165, 1.54) is 21.0 Å². The van der Waals surface area contributed by atoms with Gasteiger partial charge < -0.3 is 10.6 Å². The molecule has 0 saturated heterocycles. The van der Waals surface area contributed by atoms with Gasteiger partial charge in [0.2, 0.25) is 0 Å². The average Bonchev–Trinajstić information content (AvgIpc) is 3.07. The van der Waals surface area contributed by atoms with E-state index in [0.717, 1.165) is 31.2 Å². The molecule has 1 aromatic carbocycles. The van der Waals surface area contributed by atoms with Gasteiger partial charge in [0.25, 0.3) is 0 Å². The maximum atomic E-state index is 4.67. The van der Waals surface area contributed by atoms with Crippen molar-refractivity contribution in [3.8, 4) is 0 Å². The molecule has 0 fully saturated rings. The Hall–Kier alpha value is -1.53. The molecular weight excluding hydrogens is 348 g/mol. The predicted molar refractivity (Wildman–Crippen MR) is 111 cm³/mol. The van der Waals surface area contributed by atoms with Crippen LogP contribution in [0.25, 0.3) is 0 Å². The molecule has 136 valence electrons. The van der Waals surface area contributed by atoms with Gasteiger partial charge in [-0.1, -0.05) is 26.0 Å². The van der Waals surface area contributed by atoms with Crippen molar-refractivity contribution in [3.05, 3.63) is 45.4 Å². The lowest BCUT2D eigenvalue weighted by Gasteiger charge is -2.13. The van der Waals surface area contributed by atoms with Crippen LogP contribution in [0.1, 0.15) is 41.6 Å². The number of aromatic nitrogens is 1. The van der Waals surface area contributed by atoms with Gasteiger partial charge in [-0.05, 0) is 30.4 Å². The number of benzene rings is 1. The Balaban J connectivity index is 1.82. The van der Waals surface area contributed by atoms with Gasteiger partial charge in [-0.25, -0.2) is 4.98 Å². The highest BCUT2D eigenvalue weighted by atomic mass is 32.2. The summed E-state index contributed by atoms with van der Waals surface area (Å²) >= 11 is 3.53. The first-order chi connectivity index (χ1) is 12.0. The van der Waals surface area contributed by atoms with Gasteiger partial charge in [0.15, 0.2) is 5.96 Å². The van der Waals surface area contributed by atoms with Crippen molar-refractivity contribution >= 4 is 29.1 Å². The number of guanidine groups is 1. The van der Waals surface area contributed by atoms with Gasteiger partial charge in [-0.15, -0.1) is 23.1 Å². The van der Waals surface area contributed by atoms with Gasteiger partial charge in [0.05, 0.1) is 10.7 Å². The van der Waals surface area contributed by atoms with Crippen molar-refractivity contribution in [3.63, 3.8) is 0 Å². The molecule has 0 aliphatic heterocycles. The summed E-state index contributed by atoms with van der Waals surface area (Å²) in [6, 6.07) is 6.57. The van der Waals surface area contributed by atoms with E-state index in [1.807, 2.05) is 0 Å². The van der Waals surface area contributed by atoms with Crippen molar-refractivity contribution < 1.29 is 0 Å². The van der Waals surface area contributed by atoms with E-state index in [2.05, 4.69) is 71.2 Å². The number of aliphatic imine (C=N–C) groups is 1. The highest BCUT2D eigenvalue weighted by molar-refractivity contribution is 7.98. The van der Waals surface area contributed by atoms with Crippen LogP contribution in [0.3, 0.4) is 0 Å². The summed E-state index contributed by atoms with van der Waals surface area (Å²) in [6.45, 7) is 8.08. The molecule has 6 heteroatoms. The van der Waals surface area contributed by atoms with Crippen LogP contribution in [-0.2, 0) is 13.0 Å². The number of nitrogens with one attached hydrogen (secondary N) is 2. The molecule has 0 bridgehead atoms. The van der Waals surface area contributed by atoms with E-state index in [1.54, 1.807) is 30.1 Å². The van der Waals surface area contributed by atoms with Crippen molar-refractivity contribution in [2.24, 2.45) is 4.99 Å². The number of rotatable bonds is 7. The van der Waals surface area contributed by atoms with Crippen LogP contribution in [0.4, 0.5) is 0 Å². The van der Waals surface area contributed by atoms with Gasteiger partial charge in [0, 0.05) is 42.8 Å². The third-order valence-corrected chi connectivity index (χ3v) is 5.86. The van der Waals surface area contributed by atoms with Crippen LogP contribution in [0.15, 0.2) is 33.5 Å².